The highest BCUT2D eigenvalue weighted by atomic mass is 32.2. The molecular weight excluding hydrogens is 306 g/mol. The third kappa shape index (κ3) is 3.51. The monoisotopic (exact) mass is 323 g/mol. The van der Waals surface area contributed by atoms with Gasteiger partial charge in [0.15, 0.2) is 10.9 Å². The first-order valence-electron chi connectivity index (χ1n) is 7.34. The first-order valence-corrected chi connectivity index (χ1v) is 8.32. The van der Waals surface area contributed by atoms with Gasteiger partial charge in [0.05, 0.1) is 5.75 Å². The Morgan fingerprint density at radius 2 is 1.91 bits per heavy atom. The minimum Gasteiger partial charge on any atom is -0.293 e. The van der Waals surface area contributed by atoms with Gasteiger partial charge in [-0.2, -0.15) is 0 Å². The van der Waals surface area contributed by atoms with Crippen LogP contribution in [0.3, 0.4) is 0 Å². The number of hydrogen-bond donors (Lipinski definition) is 0. The summed E-state index contributed by atoms with van der Waals surface area (Å²) in [4.78, 5) is 12.5. The van der Waals surface area contributed by atoms with E-state index in [1.54, 1.807) is 6.33 Å². The Hall–Kier alpha value is -2.40. The Balaban J connectivity index is 1.76. The topological polar surface area (TPSA) is 47.8 Å². The average molecular weight is 323 g/mol. The van der Waals surface area contributed by atoms with Crippen LogP contribution in [0.1, 0.15) is 21.5 Å². The van der Waals surface area contributed by atoms with E-state index in [0.717, 1.165) is 27.5 Å². The van der Waals surface area contributed by atoms with E-state index in [1.807, 2.05) is 66.9 Å². The maximum atomic E-state index is 12.5. The van der Waals surface area contributed by atoms with Crippen LogP contribution in [0.2, 0.25) is 0 Å². The fourth-order valence-electron chi connectivity index (χ4n) is 2.33. The van der Waals surface area contributed by atoms with Crippen LogP contribution in [0.15, 0.2) is 60.0 Å². The first kappa shape index (κ1) is 15.5. The normalized spacial score (nSPS) is 10.7. The SMILES string of the molecule is Cc1ccc(C)c(C(=O)CSc2nncn2-c2ccccc2)c1. The van der Waals surface area contributed by atoms with E-state index in [0.29, 0.717) is 5.75 Å². The molecule has 0 fully saturated rings. The molecule has 3 rings (SSSR count). The van der Waals surface area contributed by atoms with Gasteiger partial charge in [-0.15, -0.1) is 10.2 Å². The largest absolute Gasteiger partial charge is 0.293 e. The van der Waals surface area contributed by atoms with Crippen LogP contribution in [0.25, 0.3) is 5.69 Å². The fourth-order valence-corrected chi connectivity index (χ4v) is 3.14. The summed E-state index contributed by atoms with van der Waals surface area (Å²) in [5.74, 6) is 0.453. The Bertz CT molecular complexity index is 827. The maximum Gasteiger partial charge on any atom is 0.196 e. The van der Waals surface area contributed by atoms with Crippen LogP contribution < -0.4 is 0 Å². The molecule has 0 spiro atoms. The second-order valence-corrected chi connectivity index (χ2v) is 6.29. The van der Waals surface area contributed by atoms with Gasteiger partial charge in [-0.05, 0) is 37.6 Å². The van der Waals surface area contributed by atoms with Crippen molar-refractivity contribution in [2.45, 2.75) is 19.0 Å². The zero-order valence-corrected chi connectivity index (χ0v) is 13.9. The Labute approximate surface area is 139 Å². The summed E-state index contributed by atoms with van der Waals surface area (Å²) in [6, 6.07) is 15.8. The number of aromatic nitrogens is 3. The van der Waals surface area contributed by atoms with Crippen LogP contribution in [0.4, 0.5) is 0 Å². The molecule has 23 heavy (non-hydrogen) atoms. The zero-order valence-electron chi connectivity index (χ0n) is 13.1. The number of para-hydroxylation sites is 1. The van der Waals surface area contributed by atoms with Gasteiger partial charge >= 0.3 is 0 Å². The average Bonchev–Trinajstić information content (AvgIpc) is 3.04. The Morgan fingerprint density at radius 3 is 2.70 bits per heavy atom. The molecule has 1 aromatic heterocycles. The molecule has 5 heteroatoms. The summed E-state index contributed by atoms with van der Waals surface area (Å²) in [5, 5.41) is 8.80. The summed E-state index contributed by atoms with van der Waals surface area (Å²) in [5.41, 5.74) is 3.87. The van der Waals surface area contributed by atoms with Crippen molar-refractivity contribution in [1.29, 1.82) is 0 Å². The molecule has 0 saturated carbocycles. The van der Waals surface area contributed by atoms with Gasteiger partial charge in [-0.25, -0.2) is 0 Å². The van der Waals surface area contributed by atoms with E-state index < -0.39 is 0 Å². The second-order valence-electron chi connectivity index (χ2n) is 5.35. The molecule has 0 atom stereocenters. The molecule has 3 aromatic rings. The number of aryl methyl sites for hydroxylation is 2. The number of benzene rings is 2. The van der Waals surface area contributed by atoms with Gasteiger partial charge in [-0.3, -0.25) is 9.36 Å². The molecule has 4 nitrogen and oxygen atoms in total. The smallest absolute Gasteiger partial charge is 0.196 e. The highest BCUT2D eigenvalue weighted by Gasteiger charge is 2.13. The van der Waals surface area contributed by atoms with Gasteiger partial charge in [0.1, 0.15) is 6.33 Å². The predicted octanol–water partition coefficient (Wildman–Crippen LogP) is 3.86. The van der Waals surface area contributed by atoms with Crippen LogP contribution in [-0.2, 0) is 0 Å². The van der Waals surface area contributed by atoms with Crippen LogP contribution in [0.5, 0.6) is 0 Å². The minimum atomic E-state index is 0.110. The molecule has 0 N–H and O–H groups in total. The van der Waals surface area contributed by atoms with Crippen molar-refractivity contribution < 1.29 is 4.79 Å². The molecule has 0 saturated heterocycles. The molecule has 0 aliphatic carbocycles. The standard InChI is InChI=1S/C18H17N3OS/c1-13-8-9-14(2)16(10-13)17(22)11-23-18-20-19-12-21(18)15-6-4-3-5-7-15/h3-10,12H,11H2,1-2H3. The molecule has 0 amide bonds. The first-order chi connectivity index (χ1) is 11.1. The Morgan fingerprint density at radius 1 is 1.13 bits per heavy atom. The van der Waals surface area contributed by atoms with Crippen molar-refractivity contribution in [1.82, 2.24) is 14.8 Å². The van der Waals surface area contributed by atoms with Gasteiger partial charge in [0.2, 0.25) is 0 Å². The lowest BCUT2D eigenvalue weighted by Crippen LogP contribution is -2.06. The van der Waals surface area contributed by atoms with E-state index in [4.69, 9.17) is 0 Å². The van der Waals surface area contributed by atoms with Crippen molar-refractivity contribution >= 4 is 17.5 Å². The quantitative estimate of drug-likeness (QED) is 0.528. The van der Waals surface area contributed by atoms with Crippen LogP contribution in [0, 0.1) is 13.8 Å². The molecular formula is C18H17N3OS. The van der Waals surface area contributed by atoms with Gasteiger partial charge in [0, 0.05) is 11.3 Å². The highest BCUT2D eigenvalue weighted by molar-refractivity contribution is 7.99. The summed E-state index contributed by atoms with van der Waals surface area (Å²) < 4.78 is 1.89. The highest BCUT2D eigenvalue weighted by Crippen LogP contribution is 2.21. The molecule has 2 aromatic carbocycles. The summed E-state index contributed by atoms with van der Waals surface area (Å²) >= 11 is 1.41. The lowest BCUT2D eigenvalue weighted by Gasteiger charge is -2.07. The van der Waals surface area contributed by atoms with Gasteiger partial charge < -0.3 is 0 Å². The summed E-state index contributed by atoms with van der Waals surface area (Å²) in [7, 11) is 0. The lowest BCUT2D eigenvalue weighted by atomic mass is 10.0. The molecule has 0 radical (unpaired) electrons. The van der Waals surface area contributed by atoms with E-state index >= 15 is 0 Å². The third-order valence-corrected chi connectivity index (χ3v) is 4.52. The number of carbonyl (C=O) groups excluding carboxylic acids is 1. The molecule has 0 aliphatic heterocycles. The van der Waals surface area contributed by atoms with Crippen molar-refractivity contribution in [3.63, 3.8) is 0 Å². The van der Waals surface area contributed by atoms with E-state index in [1.165, 1.54) is 11.8 Å². The Kier molecular flexibility index (Phi) is 4.57. The third-order valence-electron chi connectivity index (χ3n) is 3.58. The molecule has 0 aliphatic rings. The molecule has 1 heterocycles. The van der Waals surface area contributed by atoms with E-state index in [9.17, 15) is 4.79 Å². The van der Waals surface area contributed by atoms with Gasteiger partial charge in [0.25, 0.3) is 0 Å². The zero-order chi connectivity index (χ0) is 16.2. The summed E-state index contributed by atoms with van der Waals surface area (Å²) in [6.45, 7) is 3.96. The second kappa shape index (κ2) is 6.79. The number of nitrogens with zero attached hydrogens (tertiary/aromatic N) is 3. The minimum absolute atomic E-state index is 0.110. The number of Topliss-reactive ketones (excluding diaryl/α,β-unsaturated/α-hetero) is 1. The van der Waals surface area contributed by atoms with E-state index in [-0.39, 0.29) is 5.78 Å². The van der Waals surface area contributed by atoms with Crippen molar-refractivity contribution in [3.05, 3.63) is 71.5 Å². The maximum absolute atomic E-state index is 12.5. The molecule has 0 unspecified atom stereocenters. The van der Waals surface area contributed by atoms with Crippen LogP contribution >= 0.6 is 11.8 Å². The van der Waals surface area contributed by atoms with Gasteiger partial charge in [-0.1, -0.05) is 47.7 Å². The number of carbonyl (C=O) groups is 1. The molecule has 0 bridgehead atoms. The number of rotatable bonds is 5. The lowest BCUT2D eigenvalue weighted by molar-refractivity contribution is 0.102. The number of ketones is 1. The van der Waals surface area contributed by atoms with Crippen molar-refractivity contribution in [2.24, 2.45) is 0 Å². The van der Waals surface area contributed by atoms with Crippen molar-refractivity contribution in [3.8, 4) is 5.69 Å². The summed E-state index contributed by atoms with van der Waals surface area (Å²) in [6.07, 6.45) is 1.67. The number of thioether (sulfide) groups is 1. The fraction of sp³-hybridized carbons (Fsp3) is 0.167. The van der Waals surface area contributed by atoms with Crippen molar-refractivity contribution in [2.75, 3.05) is 5.75 Å². The van der Waals surface area contributed by atoms with E-state index in [2.05, 4.69) is 10.2 Å². The molecule has 116 valence electrons. The van der Waals surface area contributed by atoms with Crippen LogP contribution in [-0.4, -0.2) is 26.3 Å². The predicted molar refractivity (Wildman–Crippen MR) is 92.3 cm³/mol. The number of hydrogen-bond acceptors (Lipinski definition) is 4.